The van der Waals surface area contributed by atoms with Crippen molar-refractivity contribution in [3.63, 3.8) is 0 Å². The fourth-order valence-corrected chi connectivity index (χ4v) is 2.86. The van der Waals surface area contributed by atoms with Crippen molar-refractivity contribution in [3.8, 4) is 11.3 Å². The standard InChI is InChI=1S/C19H12ClO.ClHO4/c20-14-10-11-18-17(12-14)15-8-4-5-9-16(15)19(21-18)13-6-2-1-3-7-13;2-1(3,4)5/h1-12H;(H,2,3,4,5)/q+1;/p-1. The molecule has 0 bridgehead atoms. The molecule has 26 heavy (non-hydrogen) atoms. The van der Waals surface area contributed by atoms with Crippen LogP contribution in [0.25, 0.3) is 33.1 Å². The molecular formula is C19H12Cl2O5. The van der Waals surface area contributed by atoms with Gasteiger partial charge in [-0.25, -0.2) is 23.1 Å². The molecule has 0 radical (unpaired) electrons. The van der Waals surface area contributed by atoms with E-state index in [1.54, 1.807) is 0 Å². The highest BCUT2D eigenvalue weighted by molar-refractivity contribution is 6.31. The molecule has 0 saturated carbocycles. The van der Waals surface area contributed by atoms with E-state index in [0.717, 1.165) is 38.1 Å². The molecule has 4 rings (SSSR count). The normalized spacial score (nSPS) is 11.3. The minimum absolute atomic E-state index is 0.718. The van der Waals surface area contributed by atoms with Gasteiger partial charge < -0.3 is 0 Å². The predicted octanol–water partition coefficient (Wildman–Crippen LogP) is 1.43. The third kappa shape index (κ3) is 4.47. The molecule has 3 aromatic carbocycles. The summed E-state index contributed by atoms with van der Waals surface area (Å²) < 4.78 is 40.1. The molecule has 0 N–H and O–H groups in total. The Hall–Kier alpha value is -2.25. The summed E-state index contributed by atoms with van der Waals surface area (Å²) in [5.74, 6) is 0.890. The summed E-state index contributed by atoms with van der Waals surface area (Å²) in [5, 5.41) is 4.01. The lowest BCUT2D eigenvalue weighted by Crippen LogP contribution is -2.68. The van der Waals surface area contributed by atoms with Crippen molar-refractivity contribution in [2.45, 2.75) is 0 Å². The van der Waals surface area contributed by atoms with Crippen molar-refractivity contribution in [2.24, 2.45) is 0 Å². The van der Waals surface area contributed by atoms with E-state index in [2.05, 4.69) is 24.3 Å². The van der Waals surface area contributed by atoms with Crippen LogP contribution >= 0.6 is 11.6 Å². The number of benzene rings is 3. The van der Waals surface area contributed by atoms with Crippen LogP contribution in [0.5, 0.6) is 0 Å². The quantitative estimate of drug-likeness (QED) is 0.361. The van der Waals surface area contributed by atoms with Crippen LogP contribution in [-0.2, 0) is 0 Å². The molecule has 0 unspecified atom stereocenters. The molecule has 0 aliphatic heterocycles. The molecule has 0 saturated heterocycles. The van der Waals surface area contributed by atoms with E-state index in [4.69, 9.17) is 34.7 Å². The van der Waals surface area contributed by atoms with Crippen molar-refractivity contribution >= 4 is 33.3 Å². The van der Waals surface area contributed by atoms with Crippen molar-refractivity contribution in [1.29, 1.82) is 0 Å². The summed E-state index contributed by atoms with van der Waals surface area (Å²) in [6.07, 6.45) is 0. The van der Waals surface area contributed by atoms with Crippen LogP contribution in [0.3, 0.4) is 0 Å². The summed E-state index contributed by atoms with van der Waals surface area (Å²) in [6, 6.07) is 24.2. The van der Waals surface area contributed by atoms with Crippen molar-refractivity contribution in [3.05, 3.63) is 77.8 Å². The Morgan fingerprint density at radius 1 is 0.692 bits per heavy atom. The lowest BCUT2D eigenvalue weighted by atomic mass is 10.0. The lowest BCUT2D eigenvalue weighted by Gasteiger charge is -2.17. The number of halogens is 2. The molecule has 7 heteroatoms. The van der Waals surface area contributed by atoms with Crippen molar-refractivity contribution in [2.75, 3.05) is 0 Å². The Kier molecular flexibility index (Phi) is 5.38. The van der Waals surface area contributed by atoms with Crippen LogP contribution in [0.1, 0.15) is 0 Å². The second kappa shape index (κ2) is 7.55. The first-order valence-electron chi connectivity index (χ1n) is 7.44. The lowest BCUT2D eigenvalue weighted by molar-refractivity contribution is -2.00. The molecule has 0 atom stereocenters. The van der Waals surface area contributed by atoms with Crippen LogP contribution < -0.4 is 18.6 Å². The van der Waals surface area contributed by atoms with Gasteiger partial charge >= 0.3 is 11.3 Å². The van der Waals surface area contributed by atoms with Crippen LogP contribution in [0.2, 0.25) is 5.02 Å². The molecule has 5 nitrogen and oxygen atoms in total. The van der Waals surface area contributed by atoms with Gasteiger partial charge in [0, 0.05) is 16.5 Å². The fraction of sp³-hybridized carbons (Fsp3) is 0. The number of fused-ring (bicyclic) bond motifs is 3. The molecule has 0 fully saturated rings. The zero-order chi connectivity index (χ0) is 18.7. The molecule has 0 aliphatic carbocycles. The summed E-state index contributed by atoms with van der Waals surface area (Å²) in [7, 11) is -4.94. The average molecular weight is 391 g/mol. The molecule has 4 aromatic rings. The van der Waals surface area contributed by atoms with Gasteiger partial charge in [0.15, 0.2) is 0 Å². The highest BCUT2D eigenvalue weighted by Gasteiger charge is 2.21. The van der Waals surface area contributed by atoms with E-state index < -0.39 is 10.2 Å². The first-order chi connectivity index (χ1) is 12.3. The van der Waals surface area contributed by atoms with E-state index in [0.29, 0.717) is 0 Å². The Balaban J connectivity index is 0.000000349. The first-order valence-corrected chi connectivity index (χ1v) is 9.05. The molecule has 0 spiro atoms. The number of hydrogen-bond acceptors (Lipinski definition) is 4. The third-order valence-electron chi connectivity index (χ3n) is 3.65. The zero-order valence-corrected chi connectivity index (χ0v) is 14.7. The monoisotopic (exact) mass is 390 g/mol. The van der Waals surface area contributed by atoms with Gasteiger partial charge in [-0.15, -0.1) is 10.2 Å². The second-order valence-corrected chi connectivity index (χ2v) is 6.55. The maximum atomic E-state index is 8.49. The summed E-state index contributed by atoms with van der Waals surface area (Å²) in [5.41, 5.74) is 1.92. The Labute approximate surface area is 156 Å². The average Bonchev–Trinajstić information content (AvgIpc) is 2.60. The van der Waals surface area contributed by atoms with Crippen LogP contribution in [-0.4, -0.2) is 0 Å². The van der Waals surface area contributed by atoms with Crippen molar-refractivity contribution in [1.82, 2.24) is 0 Å². The Bertz CT molecular complexity index is 1040. The van der Waals surface area contributed by atoms with Gasteiger partial charge in [-0.05, 0) is 30.3 Å². The maximum Gasteiger partial charge on any atom is 0.368 e. The van der Waals surface area contributed by atoms with E-state index in [1.165, 1.54) is 0 Å². The van der Waals surface area contributed by atoms with Crippen molar-refractivity contribution < 1.29 is 33.3 Å². The third-order valence-corrected chi connectivity index (χ3v) is 3.89. The van der Waals surface area contributed by atoms with Gasteiger partial charge in [0.05, 0.1) is 16.3 Å². The van der Waals surface area contributed by atoms with E-state index >= 15 is 0 Å². The summed E-state index contributed by atoms with van der Waals surface area (Å²) in [6.45, 7) is 0. The highest BCUT2D eigenvalue weighted by Crippen LogP contribution is 2.35. The second-order valence-electron chi connectivity index (χ2n) is 5.36. The summed E-state index contributed by atoms with van der Waals surface area (Å²) in [4.78, 5) is 0. The SMILES string of the molecule is Clc1ccc2[o+]c(-c3ccccc3)c3ccccc3c2c1.[O-][Cl+3]([O-])([O-])[O-]. The van der Waals surface area contributed by atoms with E-state index in [9.17, 15) is 0 Å². The highest BCUT2D eigenvalue weighted by atomic mass is 35.7. The topological polar surface area (TPSA) is 104 Å². The Morgan fingerprint density at radius 2 is 1.27 bits per heavy atom. The molecule has 1 aromatic heterocycles. The van der Waals surface area contributed by atoms with Crippen LogP contribution in [0.15, 0.2) is 77.2 Å². The van der Waals surface area contributed by atoms with E-state index in [-0.39, 0.29) is 0 Å². The first kappa shape index (κ1) is 18.5. The number of rotatable bonds is 1. The predicted molar refractivity (Wildman–Crippen MR) is 88.6 cm³/mol. The molecular weight excluding hydrogens is 379 g/mol. The van der Waals surface area contributed by atoms with Gasteiger partial charge in [0.2, 0.25) is 0 Å². The smallest absolute Gasteiger partial charge is 0.222 e. The molecule has 0 aliphatic rings. The van der Waals surface area contributed by atoms with Gasteiger partial charge in [0.25, 0.3) is 0 Å². The van der Waals surface area contributed by atoms with E-state index in [1.807, 2.05) is 48.5 Å². The minimum Gasteiger partial charge on any atom is -0.222 e. The minimum atomic E-state index is -4.94. The molecule has 0 amide bonds. The maximum absolute atomic E-state index is 8.49. The van der Waals surface area contributed by atoms with Gasteiger partial charge in [-0.3, -0.25) is 0 Å². The Morgan fingerprint density at radius 3 is 1.92 bits per heavy atom. The summed E-state index contributed by atoms with van der Waals surface area (Å²) >= 11 is 6.13. The largest absolute Gasteiger partial charge is 0.368 e. The molecule has 132 valence electrons. The van der Waals surface area contributed by atoms with Crippen LogP contribution in [0, 0.1) is 10.2 Å². The van der Waals surface area contributed by atoms with Gasteiger partial charge in [-0.2, -0.15) is 0 Å². The zero-order valence-electron chi connectivity index (χ0n) is 13.2. The van der Waals surface area contributed by atoms with Gasteiger partial charge in [0.1, 0.15) is 0 Å². The fourth-order valence-electron chi connectivity index (χ4n) is 2.69. The number of hydrogen-bond donors (Lipinski definition) is 0. The van der Waals surface area contributed by atoms with Gasteiger partial charge in [-0.1, -0.05) is 48.0 Å². The van der Waals surface area contributed by atoms with Crippen LogP contribution in [0.4, 0.5) is 0 Å². The molecule has 1 heterocycles.